The third kappa shape index (κ3) is 1.67. The maximum absolute atomic E-state index is 11.9. The van der Waals surface area contributed by atoms with Gasteiger partial charge in [-0.15, -0.1) is 0 Å². The smallest absolute Gasteiger partial charge is 0.157 e. The van der Waals surface area contributed by atoms with Crippen LogP contribution in [0.4, 0.5) is 0 Å². The van der Waals surface area contributed by atoms with Gasteiger partial charge in [0.05, 0.1) is 4.75 Å². The average Bonchev–Trinajstić information content (AvgIpc) is 2.97. The van der Waals surface area contributed by atoms with Crippen molar-refractivity contribution in [2.75, 3.05) is 6.26 Å². The van der Waals surface area contributed by atoms with Gasteiger partial charge in [0.1, 0.15) is 0 Å². The first kappa shape index (κ1) is 11.6. The lowest BCUT2D eigenvalue weighted by atomic mass is 9.94. The molecule has 16 heavy (non-hydrogen) atoms. The van der Waals surface area contributed by atoms with E-state index in [9.17, 15) is 8.42 Å². The van der Waals surface area contributed by atoms with E-state index in [0.29, 0.717) is 5.92 Å². The molecule has 88 valence electrons. The van der Waals surface area contributed by atoms with E-state index in [-0.39, 0.29) is 0 Å². The molecule has 1 aromatic rings. The third-order valence-corrected chi connectivity index (χ3v) is 5.54. The lowest BCUT2D eigenvalue weighted by Gasteiger charge is -2.19. The van der Waals surface area contributed by atoms with E-state index in [2.05, 4.69) is 13.8 Å². The molecule has 2 nitrogen and oxygen atoms in total. The lowest BCUT2D eigenvalue weighted by molar-refractivity contribution is 0.585. The molecule has 1 aliphatic carbocycles. The van der Waals surface area contributed by atoms with Crippen molar-refractivity contribution in [1.82, 2.24) is 0 Å². The molecule has 0 amide bonds. The molecule has 0 saturated heterocycles. The summed E-state index contributed by atoms with van der Waals surface area (Å²) < 4.78 is 23.2. The highest BCUT2D eigenvalue weighted by Crippen LogP contribution is 2.54. The van der Waals surface area contributed by atoms with Crippen LogP contribution in [-0.2, 0) is 14.6 Å². The van der Waals surface area contributed by atoms with E-state index in [1.807, 2.05) is 24.3 Å². The molecule has 0 unspecified atom stereocenters. The van der Waals surface area contributed by atoms with Gasteiger partial charge in [-0.05, 0) is 29.9 Å². The number of hydrogen-bond donors (Lipinski definition) is 0. The lowest BCUT2D eigenvalue weighted by Crippen LogP contribution is -2.21. The largest absolute Gasteiger partial charge is 0.228 e. The monoisotopic (exact) mass is 238 g/mol. The first-order valence-electron chi connectivity index (χ1n) is 5.67. The Hall–Kier alpha value is -0.830. The predicted octanol–water partition coefficient (Wildman–Crippen LogP) is 2.84. The normalized spacial score (nSPS) is 18.8. The summed E-state index contributed by atoms with van der Waals surface area (Å²) in [5.41, 5.74) is 2.19. The fourth-order valence-electron chi connectivity index (χ4n) is 2.37. The molecule has 0 radical (unpaired) electrons. The van der Waals surface area contributed by atoms with Crippen LogP contribution in [0.1, 0.15) is 43.7 Å². The summed E-state index contributed by atoms with van der Waals surface area (Å²) in [5, 5.41) is 0. The van der Waals surface area contributed by atoms with Crippen molar-refractivity contribution in [3.05, 3.63) is 35.4 Å². The van der Waals surface area contributed by atoms with Crippen molar-refractivity contribution < 1.29 is 8.42 Å². The fraction of sp³-hybridized carbons (Fsp3) is 0.538. The Balaban J connectivity index is 2.58. The van der Waals surface area contributed by atoms with Crippen molar-refractivity contribution in [2.45, 2.75) is 37.4 Å². The Morgan fingerprint density at radius 3 is 2.19 bits per heavy atom. The highest BCUT2D eigenvalue weighted by atomic mass is 32.2. The molecular weight excluding hydrogens is 220 g/mol. The number of sulfone groups is 1. The Kier molecular flexibility index (Phi) is 2.61. The molecular formula is C13H18O2S. The maximum atomic E-state index is 11.9. The summed E-state index contributed by atoms with van der Waals surface area (Å²) in [5.74, 6) is 0.371. The average molecular weight is 238 g/mol. The quantitative estimate of drug-likeness (QED) is 0.811. The molecule has 1 fully saturated rings. The van der Waals surface area contributed by atoms with Gasteiger partial charge in [-0.25, -0.2) is 8.42 Å². The second-order valence-corrected chi connectivity index (χ2v) is 7.33. The Morgan fingerprint density at radius 2 is 1.75 bits per heavy atom. The van der Waals surface area contributed by atoms with E-state index in [1.165, 1.54) is 11.8 Å². The molecule has 1 aliphatic rings. The van der Waals surface area contributed by atoms with Gasteiger partial charge in [-0.2, -0.15) is 0 Å². The zero-order valence-corrected chi connectivity index (χ0v) is 10.8. The van der Waals surface area contributed by atoms with Crippen LogP contribution in [0.3, 0.4) is 0 Å². The molecule has 1 aromatic carbocycles. The van der Waals surface area contributed by atoms with Gasteiger partial charge in [0.15, 0.2) is 9.84 Å². The van der Waals surface area contributed by atoms with Crippen LogP contribution in [0, 0.1) is 0 Å². The predicted molar refractivity (Wildman–Crippen MR) is 66.3 cm³/mol. The Labute approximate surface area is 97.6 Å². The Morgan fingerprint density at radius 1 is 1.19 bits per heavy atom. The summed E-state index contributed by atoms with van der Waals surface area (Å²) in [4.78, 5) is 0. The molecule has 1 saturated carbocycles. The minimum Gasteiger partial charge on any atom is -0.228 e. The van der Waals surface area contributed by atoms with Crippen LogP contribution in [0.2, 0.25) is 0 Å². The van der Waals surface area contributed by atoms with Gasteiger partial charge in [-0.1, -0.05) is 38.1 Å². The molecule has 0 heterocycles. The highest BCUT2D eigenvalue weighted by Gasteiger charge is 2.54. The minimum atomic E-state index is -3.00. The summed E-state index contributed by atoms with van der Waals surface area (Å²) in [6.45, 7) is 4.22. The van der Waals surface area contributed by atoms with Crippen LogP contribution in [0.25, 0.3) is 0 Å². The molecule has 0 atom stereocenters. The van der Waals surface area contributed by atoms with Gasteiger partial charge in [0, 0.05) is 6.26 Å². The van der Waals surface area contributed by atoms with Crippen molar-refractivity contribution in [3.63, 3.8) is 0 Å². The van der Waals surface area contributed by atoms with Crippen molar-refractivity contribution in [3.8, 4) is 0 Å². The van der Waals surface area contributed by atoms with E-state index >= 15 is 0 Å². The van der Waals surface area contributed by atoms with Gasteiger partial charge >= 0.3 is 0 Å². The maximum Gasteiger partial charge on any atom is 0.157 e. The molecule has 0 bridgehead atoms. The van der Waals surface area contributed by atoms with E-state index in [1.54, 1.807) is 0 Å². The first-order valence-corrected chi connectivity index (χ1v) is 7.56. The highest BCUT2D eigenvalue weighted by molar-refractivity contribution is 7.92. The van der Waals surface area contributed by atoms with Crippen molar-refractivity contribution >= 4 is 9.84 Å². The van der Waals surface area contributed by atoms with Crippen LogP contribution >= 0.6 is 0 Å². The number of hydrogen-bond acceptors (Lipinski definition) is 2. The topological polar surface area (TPSA) is 34.1 Å². The number of benzene rings is 1. The van der Waals surface area contributed by atoms with Crippen LogP contribution in [-0.4, -0.2) is 14.7 Å². The number of rotatable bonds is 3. The van der Waals surface area contributed by atoms with Gasteiger partial charge in [0.25, 0.3) is 0 Å². The van der Waals surface area contributed by atoms with Gasteiger partial charge in [0.2, 0.25) is 0 Å². The fourth-order valence-corrected chi connectivity index (χ4v) is 3.80. The zero-order chi connectivity index (χ0) is 12.0. The van der Waals surface area contributed by atoms with Crippen LogP contribution < -0.4 is 0 Å². The Bertz CT molecular complexity index is 496. The SMILES string of the molecule is CC(C)c1ccccc1C1(S(C)(=O)=O)CC1. The summed E-state index contributed by atoms with van der Waals surface area (Å²) in [6.07, 6.45) is 2.90. The zero-order valence-electron chi connectivity index (χ0n) is 10.0. The molecule has 0 aliphatic heterocycles. The van der Waals surface area contributed by atoms with Crippen molar-refractivity contribution in [2.24, 2.45) is 0 Å². The van der Waals surface area contributed by atoms with Gasteiger partial charge in [-0.3, -0.25) is 0 Å². The first-order chi connectivity index (χ1) is 7.38. The van der Waals surface area contributed by atoms with E-state index < -0.39 is 14.6 Å². The minimum absolute atomic E-state index is 0.371. The summed E-state index contributed by atoms with van der Waals surface area (Å²) in [7, 11) is -3.00. The molecule has 0 aromatic heterocycles. The van der Waals surface area contributed by atoms with E-state index in [0.717, 1.165) is 18.4 Å². The van der Waals surface area contributed by atoms with Crippen molar-refractivity contribution in [1.29, 1.82) is 0 Å². The summed E-state index contributed by atoms with van der Waals surface area (Å²) in [6, 6.07) is 7.94. The third-order valence-electron chi connectivity index (χ3n) is 3.49. The van der Waals surface area contributed by atoms with E-state index in [4.69, 9.17) is 0 Å². The molecule has 3 heteroatoms. The van der Waals surface area contributed by atoms with Crippen LogP contribution in [0.15, 0.2) is 24.3 Å². The molecule has 0 N–H and O–H groups in total. The van der Waals surface area contributed by atoms with Gasteiger partial charge < -0.3 is 0 Å². The molecule has 2 rings (SSSR count). The molecule has 0 spiro atoms. The standard InChI is InChI=1S/C13H18O2S/c1-10(2)11-6-4-5-7-12(11)13(8-9-13)16(3,14)15/h4-7,10H,8-9H2,1-3H3. The second kappa shape index (κ2) is 3.59. The second-order valence-electron chi connectivity index (χ2n) is 5.01. The summed E-state index contributed by atoms with van der Waals surface area (Å²) >= 11 is 0. The van der Waals surface area contributed by atoms with Crippen LogP contribution in [0.5, 0.6) is 0 Å².